The summed E-state index contributed by atoms with van der Waals surface area (Å²) in [6.07, 6.45) is 9.30. The highest BCUT2D eigenvalue weighted by atomic mass is 14.5. The van der Waals surface area contributed by atoms with E-state index in [2.05, 4.69) is 33.4 Å². The lowest BCUT2D eigenvalue weighted by molar-refractivity contribution is 0.204. The minimum absolute atomic E-state index is 0.544. The van der Waals surface area contributed by atoms with Crippen molar-refractivity contribution in [3.05, 3.63) is 23.8 Å². The van der Waals surface area contributed by atoms with Gasteiger partial charge in [0.25, 0.3) is 0 Å². The zero-order valence-electron chi connectivity index (χ0n) is 10.5. The largest absolute Gasteiger partial charge is 0.0999 e. The Labute approximate surface area is 94.5 Å². The van der Waals surface area contributed by atoms with Crippen LogP contribution in [0.5, 0.6) is 0 Å². The van der Waals surface area contributed by atoms with Crippen molar-refractivity contribution in [1.29, 1.82) is 0 Å². The van der Waals surface area contributed by atoms with Crippen LogP contribution >= 0.6 is 0 Å². The van der Waals surface area contributed by atoms with Gasteiger partial charge in [0.15, 0.2) is 0 Å². The van der Waals surface area contributed by atoms with Crippen LogP contribution in [-0.4, -0.2) is 0 Å². The van der Waals surface area contributed by atoms with Gasteiger partial charge in [-0.2, -0.15) is 0 Å². The van der Waals surface area contributed by atoms with E-state index in [9.17, 15) is 0 Å². The highest BCUT2D eigenvalue weighted by molar-refractivity contribution is 5.21. The van der Waals surface area contributed by atoms with Crippen LogP contribution in [-0.2, 0) is 0 Å². The number of rotatable bonds is 1. The molecule has 2 aliphatic rings. The molecule has 0 aromatic rings. The second-order valence-electron chi connectivity index (χ2n) is 5.81. The predicted octanol–water partition coefficient (Wildman–Crippen LogP) is 4.73. The van der Waals surface area contributed by atoms with Crippen LogP contribution in [0.1, 0.15) is 52.9 Å². The molecule has 2 aliphatic carbocycles. The fourth-order valence-electron chi connectivity index (χ4n) is 3.72. The number of hydrogen-bond acceptors (Lipinski definition) is 0. The molecule has 0 heterocycles. The van der Waals surface area contributed by atoms with Crippen molar-refractivity contribution in [2.24, 2.45) is 17.3 Å². The number of allylic oxidation sites excluding steroid dienone is 3. The third-order valence-corrected chi connectivity index (χ3v) is 5.03. The van der Waals surface area contributed by atoms with Crippen molar-refractivity contribution in [3.8, 4) is 0 Å². The van der Waals surface area contributed by atoms with Crippen LogP contribution in [0.4, 0.5) is 0 Å². The predicted molar refractivity (Wildman–Crippen MR) is 66.7 cm³/mol. The molecule has 0 aliphatic heterocycles. The fourth-order valence-corrected chi connectivity index (χ4v) is 3.72. The molecule has 15 heavy (non-hydrogen) atoms. The summed E-state index contributed by atoms with van der Waals surface area (Å²) >= 11 is 0. The molecule has 0 heteroatoms. The summed E-state index contributed by atoms with van der Waals surface area (Å²) in [5.41, 5.74) is 3.62. The van der Waals surface area contributed by atoms with Gasteiger partial charge >= 0.3 is 0 Å². The maximum absolute atomic E-state index is 4.15. The molecule has 0 radical (unpaired) electrons. The topological polar surface area (TPSA) is 0 Å². The Hall–Kier alpha value is -0.520. The van der Waals surface area contributed by atoms with E-state index in [1.165, 1.54) is 37.7 Å². The highest BCUT2D eigenvalue weighted by Crippen LogP contribution is 2.56. The maximum atomic E-state index is 4.15. The van der Waals surface area contributed by atoms with Crippen molar-refractivity contribution >= 4 is 0 Å². The molecule has 0 bridgehead atoms. The van der Waals surface area contributed by atoms with E-state index >= 15 is 0 Å². The van der Waals surface area contributed by atoms with Gasteiger partial charge in [0, 0.05) is 0 Å². The monoisotopic (exact) mass is 204 g/mol. The zero-order valence-corrected chi connectivity index (χ0v) is 10.5. The summed E-state index contributed by atoms with van der Waals surface area (Å²) in [5.74, 6) is 1.67. The van der Waals surface area contributed by atoms with Crippen molar-refractivity contribution in [3.63, 3.8) is 0 Å². The molecule has 3 unspecified atom stereocenters. The minimum atomic E-state index is 0.544. The second-order valence-corrected chi connectivity index (χ2v) is 5.81. The summed E-state index contributed by atoms with van der Waals surface area (Å²) in [4.78, 5) is 0. The van der Waals surface area contributed by atoms with Crippen LogP contribution in [0.25, 0.3) is 0 Å². The Kier molecular flexibility index (Phi) is 2.79. The zero-order chi connectivity index (χ0) is 11.1. The molecule has 84 valence electrons. The van der Waals surface area contributed by atoms with E-state index in [4.69, 9.17) is 0 Å². The van der Waals surface area contributed by atoms with Gasteiger partial charge in [-0.3, -0.25) is 0 Å². The van der Waals surface area contributed by atoms with Gasteiger partial charge < -0.3 is 0 Å². The fraction of sp³-hybridized carbons (Fsp3) is 0.733. The Morgan fingerprint density at radius 1 is 1.47 bits per heavy atom. The summed E-state index contributed by atoms with van der Waals surface area (Å²) in [6.45, 7) is 11.2. The van der Waals surface area contributed by atoms with E-state index < -0.39 is 0 Å². The quantitative estimate of drug-likeness (QED) is 0.542. The third kappa shape index (κ3) is 1.68. The summed E-state index contributed by atoms with van der Waals surface area (Å²) in [6, 6.07) is 0. The molecule has 1 fully saturated rings. The molecule has 0 amide bonds. The first kappa shape index (κ1) is 11.0. The molecule has 0 aromatic heterocycles. The van der Waals surface area contributed by atoms with Gasteiger partial charge in [0.1, 0.15) is 0 Å². The summed E-state index contributed by atoms with van der Waals surface area (Å²) in [5, 5.41) is 0. The second kappa shape index (κ2) is 3.81. The highest BCUT2D eigenvalue weighted by Gasteiger charge is 2.45. The first-order chi connectivity index (χ1) is 7.06. The lowest BCUT2D eigenvalue weighted by Gasteiger charge is -2.40. The Morgan fingerprint density at radius 3 is 2.73 bits per heavy atom. The Bertz CT molecular complexity index is 297. The van der Waals surface area contributed by atoms with Gasteiger partial charge in [0.2, 0.25) is 0 Å². The maximum Gasteiger partial charge on any atom is -0.00592 e. The molecular weight excluding hydrogens is 180 g/mol. The smallest absolute Gasteiger partial charge is 0.00592 e. The summed E-state index contributed by atoms with van der Waals surface area (Å²) in [7, 11) is 0. The van der Waals surface area contributed by atoms with Gasteiger partial charge in [-0.15, -0.1) is 0 Å². The Balaban J connectivity index is 2.23. The average Bonchev–Trinajstić information content (AvgIpc) is 2.61. The van der Waals surface area contributed by atoms with E-state index in [0.717, 1.165) is 11.8 Å². The standard InChI is InChI=1S/C15H24/c1-11(2)14-8-9-15(10-14)12(3)6-5-7-13(15)4/h6,13-14H,1,5,7-10H2,2-4H3. The van der Waals surface area contributed by atoms with Crippen LogP contribution in [0.15, 0.2) is 23.8 Å². The first-order valence-corrected chi connectivity index (χ1v) is 6.39. The minimum Gasteiger partial charge on any atom is -0.0999 e. The van der Waals surface area contributed by atoms with Crippen LogP contribution in [0.3, 0.4) is 0 Å². The summed E-state index contributed by atoms with van der Waals surface area (Å²) < 4.78 is 0. The normalized spacial score (nSPS) is 40.6. The average molecular weight is 204 g/mol. The number of hydrogen-bond donors (Lipinski definition) is 0. The third-order valence-electron chi connectivity index (χ3n) is 5.03. The van der Waals surface area contributed by atoms with Crippen molar-refractivity contribution in [2.75, 3.05) is 0 Å². The molecule has 0 aromatic carbocycles. The van der Waals surface area contributed by atoms with E-state index in [1.54, 1.807) is 5.57 Å². The van der Waals surface area contributed by atoms with Gasteiger partial charge in [-0.1, -0.05) is 30.7 Å². The van der Waals surface area contributed by atoms with E-state index in [0.29, 0.717) is 5.41 Å². The first-order valence-electron chi connectivity index (χ1n) is 6.39. The van der Waals surface area contributed by atoms with E-state index in [-0.39, 0.29) is 0 Å². The van der Waals surface area contributed by atoms with Crippen LogP contribution < -0.4 is 0 Å². The Morgan fingerprint density at radius 2 is 2.20 bits per heavy atom. The molecule has 3 atom stereocenters. The van der Waals surface area contributed by atoms with Crippen molar-refractivity contribution < 1.29 is 0 Å². The van der Waals surface area contributed by atoms with E-state index in [1.807, 2.05) is 0 Å². The lowest BCUT2D eigenvalue weighted by atomic mass is 9.64. The molecule has 1 spiro atoms. The van der Waals surface area contributed by atoms with Crippen LogP contribution in [0, 0.1) is 17.3 Å². The van der Waals surface area contributed by atoms with Gasteiger partial charge in [0.05, 0.1) is 0 Å². The molecular formula is C15H24. The van der Waals surface area contributed by atoms with Crippen molar-refractivity contribution in [2.45, 2.75) is 52.9 Å². The molecule has 0 N–H and O–H groups in total. The molecule has 2 rings (SSSR count). The molecule has 0 saturated heterocycles. The SMILES string of the molecule is C=C(C)C1CCC2(C1)C(C)=CCCC2C. The van der Waals surface area contributed by atoms with Gasteiger partial charge in [-0.05, 0) is 63.2 Å². The molecule has 0 nitrogen and oxygen atoms in total. The van der Waals surface area contributed by atoms with Crippen LogP contribution in [0.2, 0.25) is 0 Å². The lowest BCUT2D eigenvalue weighted by Crippen LogP contribution is -2.30. The van der Waals surface area contributed by atoms with Gasteiger partial charge in [-0.25, -0.2) is 0 Å². The molecule has 1 saturated carbocycles. The van der Waals surface area contributed by atoms with Crippen molar-refractivity contribution in [1.82, 2.24) is 0 Å².